The average molecular weight is 316 g/mol. The summed E-state index contributed by atoms with van der Waals surface area (Å²) in [6, 6.07) is 2.16. The number of pyridine rings is 1. The minimum atomic E-state index is 0.0614. The van der Waals surface area contributed by atoms with Gasteiger partial charge in [-0.15, -0.1) is 0 Å². The van der Waals surface area contributed by atoms with Crippen LogP contribution >= 0.6 is 0 Å². The van der Waals surface area contributed by atoms with Crippen LogP contribution in [0.25, 0.3) is 5.70 Å². The average Bonchev–Trinajstić information content (AvgIpc) is 2.94. The second kappa shape index (κ2) is 7.18. The van der Waals surface area contributed by atoms with Gasteiger partial charge in [0.1, 0.15) is 0 Å². The first-order chi connectivity index (χ1) is 11.0. The van der Waals surface area contributed by atoms with Crippen LogP contribution in [0, 0.1) is 0 Å². The fourth-order valence-corrected chi connectivity index (χ4v) is 3.19. The van der Waals surface area contributed by atoms with Crippen LogP contribution in [0.2, 0.25) is 0 Å². The Bertz CT molecular complexity index is 698. The molecule has 1 aliphatic heterocycles. The summed E-state index contributed by atoms with van der Waals surface area (Å²) in [7, 11) is 3.55. The molecule has 126 valence electrons. The number of allylic oxidation sites excluding steroid dienone is 2. The van der Waals surface area contributed by atoms with Gasteiger partial charge in [0.2, 0.25) is 0 Å². The van der Waals surface area contributed by atoms with E-state index in [1.54, 1.807) is 7.11 Å². The zero-order valence-corrected chi connectivity index (χ0v) is 15.0. The number of ether oxygens (including phenoxy) is 1. The first kappa shape index (κ1) is 17.5. The van der Waals surface area contributed by atoms with Crippen LogP contribution in [0.15, 0.2) is 28.6 Å². The van der Waals surface area contributed by atoms with Gasteiger partial charge in [-0.1, -0.05) is 27.4 Å². The number of fused-ring (bicyclic) bond motifs is 1. The molecule has 1 aromatic heterocycles. The molecule has 2 rings (SSSR count). The molecule has 4 nitrogen and oxygen atoms in total. The van der Waals surface area contributed by atoms with Crippen LogP contribution in [-0.2, 0) is 17.9 Å². The van der Waals surface area contributed by atoms with Crippen LogP contribution in [0.4, 0.5) is 0 Å². The zero-order valence-electron chi connectivity index (χ0n) is 15.0. The van der Waals surface area contributed by atoms with Crippen molar-refractivity contribution in [2.24, 2.45) is 0 Å². The molecule has 0 saturated heterocycles. The van der Waals surface area contributed by atoms with Gasteiger partial charge in [0, 0.05) is 19.7 Å². The Labute approximate surface area is 138 Å². The minimum Gasteiger partial charge on any atom is -0.386 e. The van der Waals surface area contributed by atoms with Gasteiger partial charge in [0.05, 0.1) is 24.5 Å². The maximum Gasteiger partial charge on any atom is 0.257 e. The lowest BCUT2D eigenvalue weighted by molar-refractivity contribution is 0.182. The maximum atomic E-state index is 13.0. The monoisotopic (exact) mass is 316 g/mol. The summed E-state index contributed by atoms with van der Waals surface area (Å²) in [5.41, 5.74) is 6.16. The third-order valence-corrected chi connectivity index (χ3v) is 4.84. The summed E-state index contributed by atoms with van der Waals surface area (Å²) in [6.45, 7) is 11.5. The van der Waals surface area contributed by atoms with Gasteiger partial charge in [0.25, 0.3) is 5.56 Å². The number of hydrogen-bond acceptors (Lipinski definition) is 3. The van der Waals surface area contributed by atoms with Crippen LogP contribution in [0.3, 0.4) is 0 Å². The summed E-state index contributed by atoms with van der Waals surface area (Å²) in [5, 5.41) is 3.28. The van der Waals surface area contributed by atoms with Crippen molar-refractivity contribution in [2.75, 3.05) is 14.2 Å². The van der Waals surface area contributed by atoms with Gasteiger partial charge in [0.15, 0.2) is 0 Å². The molecular formula is C19H28N2O2. The Hall–Kier alpha value is -1.81. The molecule has 0 spiro atoms. The molecule has 1 atom stereocenters. The van der Waals surface area contributed by atoms with Crippen molar-refractivity contribution >= 4 is 5.70 Å². The van der Waals surface area contributed by atoms with Crippen LogP contribution in [0.1, 0.15) is 56.4 Å². The molecule has 1 N–H and O–H groups in total. The summed E-state index contributed by atoms with van der Waals surface area (Å²) in [6.07, 6.45) is 1.87. The molecule has 0 amide bonds. The quantitative estimate of drug-likeness (QED) is 0.838. The highest BCUT2D eigenvalue weighted by Gasteiger charge is 2.26. The van der Waals surface area contributed by atoms with E-state index in [1.165, 1.54) is 0 Å². The molecule has 4 heteroatoms. The van der Waals surface area contributed by atoms with E-state index in [-0.39, 0.29) is 5.56 Å². The highest BCUT2D eigenvalue weighted by atomic mass is 16.5. The number of hydrogen-bond donors (Lipinski definition) is 1. The number of rotatable bonds is 7. The predicted molar refractivity (Wildman–Crippen MR) is 95.5 cm³/mol. The third-order valence-electron chi connectivity index (χ3n) is 4.84. The Balaban J connectivity index is 2.68. The highest BCUT2D eigenvalue weighted by molar-refractivity contribution is 5.72. The molecule has 0 bridgehead atoms. The number of aromatic nitrogens is 1. The normalized spacial score (nSPS) is 14.8. The largest absolute Gasteiger partial charge is 0.386 e. The molecule has 0 aliphatic carbocycles. The van der Waals surface area contributed by atoms with Gasteiger partial charge in [-0.05, 0) is 41.5 Å². The fourth-order valence-electron chi connectivity index (χ4n) is 3.19. The molecular weight excluding hydrogens is 288 g/mol. The second-order valence-electron chi connectivity index (χ2n) is 6.16. The van der Waals surface area contributed by atoms with Gasteiger partial charge in [-0.25, -0.2) is 0 Å². The predicted octanol–water partition coefficient (Wildman–Crippen LogP) is 3.42. The summed E-state index contributed by atoms with van der Waals surface area (Å²) in [4.78, 5) is 13.0. The topological polar surface area (TPSA) is 43.3 Å². The van der Waals surface area contributed by atoms with Crippen molar-refractivity contribution in [3.05, 3.63) is 51.0 Å². The zero-order chi connectivity index (χ0) is 17.1. The number of nitrogens with one attached hydrogen (secondary N) is 1. The lowest BCUT2D eigenvalue weighted by atomic mass is 9.94. The lowest BCUT2D eigenvalue weighted by Crippen LogP contribution is -2.27. The smallest absolute Gasteiger partial charge is 0.257 e. The number of nitrogens with zero attached hydrogens (tertiary/aromatic N) is 1. The molecule has 0 aromatic carbocycles. The molecule has 0 radical (unpaired) electrons. The second-order valence-corrected chi connectivity index (χ2v) is 6.16. The third kappa shape index (κ3) is 3.00. The Morgan fingerprint density at radius 3 is 2.70 bits per heavy atom. The summed E-state index contributed by atoms with van der Waals surface area (Å²) < 4.78 is 7.14. The molecule has 0 fully saturated rings. The van der Waals surface area contributed by atoms with Crippen LogP contribution in [-0.4, -0.2) is 18.7 Å². The Kier molecular flexibility index (Phi) is 5.47. The first-order valence-electron chi connectivity index (χ1n) is 8.34. The van der Waals surface area contributed by atoms with Crippen molar-refractivity contribution in [3.63, 3.8) is 0 Å². The van der Waals surface area contributed by atoms with E-state index < -0.39 is 0 Å². The molecule has 1 aliphatic rings. The van der Waals surface area contributed by atoms with Gasteiger partial charge >= 0.3 is 0 Å². The summed E-state index contributed by atoms with van der Waals surface area (Å²) in [5.74, 6) is 0.329. The highest BCUT2D eigenvalue weighted by Crippen LogP contribution is 2.32. The van der Waals surface area contributed by atoms with E-state index in [0.29, 0.717) is 19.1 Å². The molecule has 1 aromatic rings. The van der Waals surface area contributed by atoms with E-state index in [4.69, 9.17) is 4.74 Å². The van der Waals surface area contributed by atoms with Gasteiger partial charge < -0.3 is 14.6 Å². The van der Waals surface area contributed by atoms with E-state index in [0.717, 1.165) is 46.5 Å². The Morgan fingerprint density at radius 2 is 2.17 bits per heavy atom. The first-order valence-corrected chi connectivity index (χ1v) is 8.34. The van der Waals surface area contributed by atoms with Crippen molar-refractivity contribution in [3.8, 4) is 0 Å². The number of methoxy groups -OCH3 is 1. The molecule has 0 unspecified atom stereocenters. The van der Waals surface area contributed by atoms with Crippen molar-refractivity contribution in [1.29, 1.82) is 0 Å². The Morgan fingerprint density at radius 1 is 1.48 bits per heavy atom. The van der Waals surface area contributed by atoms with Crippen LogP contribution in [0.5, 0.6) is 0 Å². The van der Waals surface area contributed by atoms with Crippen molar-refractivity contribution in [2.45, 2.75) is 52.7 Å². The van der Waals surface area contributed by atoms with Gasteiger partial charge in [-0.2, -0.15) is 0 Å². The standard InChI is InChI=1S/C19H28N2O2/c1-7-12(3)14-9-17-18(20-5)15(13(4)8-2)10-21(17)19(22)16(14)11-23-6/h9,12,20H,4,7-8,10-11H2,1-3,5-6H3/t12-/m1/s1. The molecule has 2 heterocycles. The minimum absolute atomic E-state index is 0.0614. The lowest BCUT2D eigenvalue weighted by Gasteiger charge is -2.18. The van der Waals surface area contributed by atoms with E-state index in [2.05, 4.69) is 38.7 Å². The van der Waals surface area contributed by atoms with E-state index >= 15 is 0 Å². The van der Waals surface area contributed by atoms with Crippen LogP contribution < -0.4 is 10.9 Å². The van der Waals surface area contributed by atoms with Crippen molar-refractivity contribution < 1.29 is 4.74 Å². The van der Waals surface area contributed by atoms with Crippen molar-refractivity contribution in [1.82, 2.24) is 9.88 Å². The van der Waals surface area contributed by atoms with E-state index in [1.807, 2.05) is 11.6 Å². The van der Waals surface area contributed by atoms with E-state index in [9.17, 15) is 4.79 Å². The summed E-state index contributed by atoms with van der Waals surface area (Å²) >= 11 is 0. The maximum absolute atomic E-state index is 13.0. The van der Waals surface area contributed by atoms with Gasteiger partial charge in [-0.3, -0.25) is 4.79 Å². The SMILES string of the molecule is C=C(CC)C1=C(NC)c2cc([C@H](C)CC)c(COC)c(=O)n2C1. The fraction of sp³-hybridized carbons (Fsp3) is 0.526. The molecule has 0 saturated carbocycles. The molecule has 23 heavy (non-hydrogen) atoms.